The molecule has 0 saturated carbocycles. The summed E-state index contributed by atoms with van der Waals surface area (Å²) in [5, 5.41) is 11.2. The zero-order valence-electron chi connectivity index (χ0n) is 11.5. The minimum absolute atomic E-state index is 0.0849. The van der Waals surface area contributed by atoms with Gasteiger partial charge in [0.1, 0.15) is 10.6 Å². The average Bonchev–Trinajstić information content (AvgIpc) is 3.22. The molecule has 4 rings (SSSR count). The van der Waals surface area contributed by atoms with Gasteiger partial charge in [0.25, 0.3) is 5.91 Å². The first-order valence-electron chi connectivity index (χ1n) is 6.86. The van der Waals surface area contributed by atoms with Crippen LogP contribution in [0.3, 0.4) is 0 Å². The fourth-order valence-electron chi connectivity index (χ4n) is 2.56. The minimum atomic E-state index is -0.0849. The Morgan fingerprint density at radius 1 is 1.41 bits per heavy atom. The van der Waals surface area contributed by atoms with Crippen molar-refractivity contribution in [2.45, 2.75) is 19.6 Å². The van der Waals surface area contributed by atoms with E-state index < -0.39 is 0 Å². The van der Waals surface area contributed by atoms with Crippen LogP contribution in [0.1, 0.15) is 25.8 Å². The molecular formula is C15H12BrN3O2S. The van der Waals surface area contributed by atoms with Crippen molar-refractivity contribution in [2.24, 2.45) is 0 Å². The van der Waals surface area contributed by atoms with Gasteiger partial charge in [0.15, 0.2) is 5.58 Å². The molecule has 0 spiro atoms. The van der Waals surface area contributed by atoms with Gasteiger partial charge in [-0.2, -0.15) is 0 Å². The summed E-state index contributed by atoms with van der Waals surface area (Å²) in [6.45, 7) is 2.00. The van der Waals surface area contributed by atoms with Crippen molar-refractivity contribution in [3.63, 3.8) is 0 Å². The highest BCUT2D eigenvalue weighted by Gasteiger charge is 2.24. The maximum Gasteiger partial charge on any atom is 0.262 e. The van der Waals surface area contributed by atoms with Crippen LogP contribution in [0.2, 0.25) is 0 Å². The van der Waals surface area contributed by atoms with E-state index in [0.717, 1.165) is 39.1 Å². The summed E-state index contributed by atoms with van der Waals surface area (Å²) < 4.78 is 6.15. The topological polar surface area (TPSA) is 67.2 Å². The van der Waals surface area contributed by atoms with Crippen LogP contribution in [-0.2, 0) is 19.6 Å². The third kappa shape index (κ3) is 2.25. The first-order valence-corrected chi connectivity index (χ1v) is 8.47. The number of hydrogen-bond acceptors (Lipinski definition) is 5. The first-order chi connectivity index (χ1) is 10.7. The smallest absolute Gasteiger partial charge is 0.262 e. The van der Waals surface area contributed by atoms with E-state index in [1.807, 2.05) is 24.3 Å². The number of halogens is 1. The normalized spacial score (nSPS) is 13.5. The highest BCUT2D eigenvalue weighted by atomic mass is 79.9. The first kappa shape index (κ1) is 13.9. The molecule has 0 atom stereocenters. The van der Waals surface area contributed by atoms with Crippen molar-refractivity contribution in [1.82, 2.24) is 15.8 Å². The monoisotopic (exact) mass is 377 g/mol. The zero-order chi connectivity index (χ0) is 15.1. The van der Waals surface area contributed by atoms with Gasteiger partial charge in [0, 0.05) is 27.8 Å². The summed E-state index contributed by atoms with van der Waals surface area (Å²) in [4.78, 5) is 14.3. The lowest BCUT2D eigenvalue weighted by Crippen LogP contribution is -2.22. The molecule has 7 heteroatoms. The highest BCUT2D eigenvalue weighted by molar-refractivity contribution is 9.10. The van der Waals surface area contributed by atoms with Crippen LogP contribution < -0.4 is 10.6 Å². The molecule has 1 aliphatic rings. The second kappa shape index (κ2) is 5.49. The Labute approximate surface area is 138 Å². The molecule has 112 valence electrons. The Morgan fingerprint density at radius 2 is 2.27 bits per heavy atom. The average molecular weight is 378 g/mol. The molecule has 1 amide bonds. The number of aromatic nitrogens is 1. The summed E-state index contributed by atoms with van der Waals surface area (Å²) in [6, 6.07) is 7.63. The third-order valence-electron chi connectivity index (χ3n) is 3.69. The highest BCUT2D eigenvalue weighted by Crippen LogP contribution is 2.36. The predicted octanol–water partition coefficient (Wildman–Crippen LogP) is 3.19. The number of nitrogens with one attached hydrogen (secondary N) is 2. The number of carbonyl (C=O) groups is 1. The van der Waals surface area contributed by atoms with Crippen LogP contribution in [0.15, 0.2) is 33.3 Å². The molecule has 1 aromatic carbocycles. The van der Waals surface area contributed by atoms with E-state index >= 15 is 0 Å². The van der Waals surface area contributed by atoms with Crippen LogP contribution in [0, 0.1) is 0 Å². The van der Waals surface area contributed by atoms with E-state index in [1.54, 1.807) is 0 Å². The van der Waals surface area contributed by atoms with E-state index in [-0.39, 0.29) is 5.91 Å². The molecule has 3 aromatic rings. The molecule has 0 aliphatic carbocycles. The van der Waals surface area contributed by atoms with Crippen LogP contribution in [-0.4, -0.2) is 11.1 Å². The van der Waals surface area contributed by atoms with Gasteiger partial charge in [-0.05, 0) is 33.6 Å². The second-order valence-electron chi connectivity index (χ2n) is 5.06. The van der Waals surface area contributed by atoms with Crippen molar-refractivity contribution in [1.29, 1.82) is 0 Å². The largest absolute Gasteiger partial charge is 0.356 e. The van der Waals surface area contributed by atoms with Gasteiger partial charge in [-0.3, -0.25) is 4.79 Å². The number of hydrogen-bond donors (Lipinski definition) is 2. The molecule has 0 unspecified atom stereocenters. The third-order valence-corrected chi connectivity index (χ3v) is 6.06. The maximum atomic E-state index is 12.4. The molecule has 0 saturated heterocycles. The lowest BCUT2D eigenvalue weighted by molar-refractivity contribution is 0.0953. The van der Waals surface area contributed by atoms with Crippen LogP contribution in [0.25, 0.3) is 11.0 Å². The molecule has 1 aliphatic heterocycles. The lowest BCUT2D eigenvalue weighted by Gasteiger charge is -2.03. The Hall–Kier alpha value is -1.70. The number of nitrogens with zero attached hydrogens (tertiary/aromatic N) is 1. The van der Waals surface area contributed by atoms with E-state index in [0.29, 0.717) is 6.54 Å². The fraction of sp³-hybridized carbons (Fsp3) is 0.200. The van der Waals surface area contributed by atoms with Gasteiger partial charge < -0.3 is 15.2 Å². The number of rotatable bonds is 3. The van der Waals surface area contributed by atoms with Gasteiger partial charge in [-0.25, -0.2) is 0 Å². The minimum Gasteiger partial charge on any atom is -0.356 e. The predicted molar refractivity (Wildman–Crippen MR) is 87.7 cm³/mol. The van der Waals surface area contributed by atoms with Gasteiger partial charge in [0.05, 0.1) is 6.54 Å². The summed E-state index contributed by atoms with van der Waals surface area (Å²) in [5.41, 5.74) is 2.67. The SMILES string of the molecule is O=C(NCc1noc2ccccc12)c1sc2c(c1Br)CNC2. The standard InChI is InChI=1S/C15H12BrN3O2S/c16-13-9-5-17-7-12(9)22-14(13)15(20)18-6-10-8-3-1-2-4-11(8)21-19-10/h1-4,17H,5-7H2,(H,18,20). The Morgan fingerprint density at radius 3 is 3.14 bits per heavy atom. The summed E-state index contributed by atoms with van der Waals surface area (Å²) in [6.07, 6.45) is 0. The number of fused-ring (bicyclic) bond motifs is 2. The lowest BCUT2D eigenvalue weighted by atomic mass is 10.2. The number of amides is 1. The molecular weight excluding hydrogens is 366 g/mol. The Bertz CT molecular complexity index is 871. The quantitative estimate of drug-likeness (QED) is 0.735. The van der Waals surface area contributed by atoms with Gasteiger partial charge in [-0.1, -0.05) is 17.3 Å². The van der Waals surface area contributed by atoms with Gasteiger partial charge >= 0.3 is 0 Å². The Balaban J connectivity index is 1.53. The van der Waals surface area contributed by atoms with Gasteiger partial charge in [-0.15, -0.1) is 11.3 Å². The second-order valence-corrected chi connectivity index (χ2v) is 6.96. The van der Waals surface area contributed by atoms with Crippen molar-refractivity contribution < 1.29 is 9.32 Å². The van der Waals surface area contributed by atoms with Crippen molar-refractivity contribution in [3.05, 3.63) is 49.7 Å². The van der Waals surface area contributed by atoms with E-state index in [1.165, 1.54) is 21.8 Å². The number of benzene rings is 1. The fourth-order valence-corrected chi connectivity index (χ4v) is 4.59. The number of thiophene rings is 1. The van der Waals surface area contributed by atoms with Gasteiger partial charge in [0.2, 0.25) is 0 Å². The summed E-state index contributed by atoms with van der Waals surface area (Å²) in [5.74, 6) is -0.0849. The van der Waals surface area contributed by atoms with E-state index in [4.69, 9.17) is 4.52 Å². The van der Waals surface area contributed by atoms with E-state index in [9.17, 15) is 4.79 Å². The van der Waals surface area contributed by atoms with Crippen LogP contribution in [0.4, 0.5) is 0 Å². The molecule has 2 N–H and O–H groups in total. The summed E-state index contributed by atoms with van der Waals surface area (Å²) >= 11 is 5.07. The van der Waals surface area contributed by atoms with Crippen molar-refractivity contribution >= 4 is 44.1 Å². The molecule has 22 heavy (non-hydrogen) atoms. The van der Waals surface area contributed by atoms with Crippen molar-refractivity contribution in [2.75, 3.05) is 0 Å². The summed E-state index contributed by atoms with van der Waals surface area (Å²) in [7, 11) is 0. The molecule has 0 fully saturated rings. The molecule has 0 radical (unpaired) electrons. The van der Waals surface area contributed by atoms with E-state index in [2.05, 4.69) is 31.7 Å². The molecule has 5 nitrogen and oxygen atoms in total. The number of para-hydroxylation sites is 1. The number of carbonyl (C=O) groups excluding carboxylic acids is 1. The molecule has 2 aromatic heterocycles. The molecule has 3 heterocycles. The Kier molecular flexibility index (Phi) is 3.48. The van der Waals surface area contributed by atoms with Crippen LogP contribution >= 0.6 is 27.3 Å². The zero-order valence-corrected chi connectivity index (χ0v) is 13.9. The van der Waals surface area contributed by atoms with Crippen molar-refractivity contribution in [3.8, 4) is 0 Å². The molecule has 0 bridgehead atoms. The maximum absolute atomic E-state index is 12.4. The van der Waals surface area contributed by atoms with Crippen LogP contribution in [0.5, 0.6) is 0 Å².